The number of hydrogen-bond donors (Lipinski definition) is 2. The second kappa shape index (κ2) is 6.80. The number of nitrogens with one attached hydrogen (secondary N) is 1. The summed E-state index contributed by atoms with van der Waals surface area (Å²) >= 11 is 0. The van der Waals surface area contributed by atoms with Crippen LogP contribution in [0.2, 0.25) is 0 Å². The van der Waals surface area contributed by atoms with Gasteiger partial charge in [0.05, 0.1) is 0 Å². The van der Waals surface area contributed by atoms with Crippen molar-refractivity contribution in [1.29, 1.82) is 0 Å². The summed E-state index contributed by atoms with van der Waals surface area (Å²) in [5.74, 6) is 1.04. The lowest BCUT2D eigenvalue weighted by Crippen LogP contribution is -2.63. The van der Waals surface area contributed by atoms with Crippen molar-refractivity contribution >= 4 is 0 Å². The van der Waals surface area contributed by atoms with E-state index in [0.717, 1.165) is 26.1 Å². The molecular formula is C18H30N2O. The standard InChI is InChI=1S/C18H30N2O/c1-5-14(3)17-11-19-18(4,6-2)13-20(17)12-15-8-7-9-16(21)10-15/h7-10,14,17,19,21H,5-6,11-13H2,1-4H3. The van der Waals surface area contributed by atoms with Crippen LogP contribution in [0.1, 0.15) is 46.1 Å². The van der Waals surface area contributed by atoms with Gasteiger partial charge in [0.15, 0.2) is 0 Å². The number of aromatic hydroxyl groups is 1. The molecule has 2 rings (SSSR count). The van der Waals surface area contributed by atoms with Crippen molar-refractivity contribution in [2.75, 3.05) is 13.1 Å². The summed E-state index contributed by atoms with van der Waals surface area (Å²) in [5, 5.41) is 13.4. The smallest absolute Gasteiger partial charge is 0.115 e. The molecule has 2 N–H and O–H groups in total. The molecule has 1 aliphatic heterocycles. The van der Waals surface area contributed by atoms with E-state index in [9.17, 15) is 5.11 Å². The average molecular weight is 290 g/mol. The van der Waals surface area contributed by atoms with Gasteiger partial charge >= 0.3 is 0 Å². The second-order valence-electron chi connectivity index (χ2n) is 6.82. The van der Waals surface area contributed by atoms with Crippen molar-refractivity contribution < 1.29 is 5.11 Å². The summed E-state index contributed by atoms with van der Waals surface area (Å²) in [6.45, 7) is 12.2. The average Bonchev–Trinajstić information content (AvgIpc) is 2.47. The fraction of sp³-hybridized carbons (Fsp3) is 0.667. The molecule has 0 saturated carbocycles. The van der Waals surface area contributed by atoms with Gasteiger partial charge in [-0.1, -0.05) is 39.3 Å². The van der Waals surface area contributed by atoms with Crippen molar-refractivity contribution in [3.8, 4) is 5.75 Å². The van der Waals surface area contributed by atoms with Crippen molar-refractivity contribution in [1.82, 2.24) is 10.2 Å². The molecule has 0 radical (unpaired) electrons. The number of rotatable bonds is 5. The fourth-order valence-corrected chi connectivity index (χ4v) is 3.23. The van der Waals surface area contributed by atoms with Crippen LogP contribution in [0.5, 0.6) is 5.75 Å². The first kappa shape index (κ1) is 16.3. The van der Waals surface area contributed by atoms with Crippen LogP contribution < -0.4 is 5.32 Å². The van der Waals surface area contributed by atoms with Gasteiger partial charge in [-0.25, -0.2) is 0 Å². The van der Waals surface area contributed by atoms with Crippen molar-refractivity contribution in [3.05, 3.63) is 29.8 Å². The van der Waals surface area contributed by atoms with E-state index in [2.05, 4.69) is 44.0 Å². The van der Waals surface area contributed by atoms with Crippen molar-refractivity contribution in [2.24, 2.45) is 5.92 Å². The first-order chi connectivity index (χ1) is 9.97. The quantitative estimate of drug-likeness (QED) is 0.872. The molecule has 3 atom stereocenters. The third-order valence-corrected chi connectivity index (χ3v) is 5.14. The minimum atomic E-state index is 0.195. The van der Waals surface area contributed by atoms with Crippen LogP contribution in [-0.2, 0) is 6.54 Å². The molecule has 0 aliphatic carbocycles. The SMILES string of the molecule is CCC(C)C1CNC(C)(CC)CN1Cc1cccc(O)c1. The molecule has 0 spiro atoms. The molecule has 0 bridgehead atoms. The van der Waals surface area contributed by atoms with E-state index in [1.807, 2.05) is 12.1 Å². The highest BCUT2D eigenvalue weighted by Crippen LogP contribution is 2.26. The van der Waals surface area contributed by atoms with Gasteiger partial charge in [-0.15, -0.1) is 0 Å². The highest BCUT2D eigenvalue weighted by atomic mass is 16.3. The van der Waals surface area contributed by atoms with Crippen LogP contribution >= 0.6 is 0 Å². The van der Waals surface area contributed by atoms with Gasteiger partial charge in [-0.3, -0.25) is 4.90 Å². The van der Waals surface area contributed by atoms with E-state index in [-0.39, 0.29) is 5.54 Å². The molecule has 0 aromatic heterocycles. The Morgan fingerprint density at radius 3 is 2.81 bits per heavy atom. The third kappa shape index (κ3) is 3.98. The lowest BCUT2D eigenvalue weighted by Gasteiger charge is -2.48. The molecule has 1 saturated heterocycles. The third-order valence-electron chi connectivity index (χ3n) is 5.14. The largest absolute Gasteiger partial charge is 0.508 e. The van der Waals surface area contributed by atoms with E-state index in [0.29, 0.717) is 17.7 Å². The molecule has 3 nitrogen and oxygen atoms in total. The molecule has 1 heterocycles. The molecule has 1 aromatic rings. The van der Waals surface area contributed by atoms with Crippen LogP contribution in [0.15, 0.2) is 24.3 Å². The first-order valence-corrected chi connectivity index (χ1v) is 8.24. The minimum absolute atomic E-state index is 0.195. The number of phenols is 1. The molecule has 3 unspecified atom stereocenters. The highest BCUT2D eigenvalue weighted by Gasteiger charge is 2.36. The van der Waals surface area contributed by atoms with Gasteiger partial charge in [0.1, 0.15) is 5.75 Å². The van der Waals surface area contributed by atoms with Crippen LogP contribution in [0.4, 0.5) is 0 Å². The Morgan fingerprint density at radius 2 is 2.19 bits per heavy atom. The van der Waals surface area contributed by atoms with Crippen LogP contribution in [0.3, 0.4) is 0 Å². The molecule has 1 aromatic carbocycles. The molecule has 1 aliphatic rings. The summed E-state index contributed by atoms with van der Waals surface area (Å²) in [6.07, 6.45) is 2.34. The molecule has 118 valence electrons. The Kier molecular flexibility index (Phi) is 5.28. The Morgan fingerprint density at radius 1 is 1.43 bits per heavy atom. The maximum absolute atomic E-state index is 9.68. The number of piperazine rings is 1. The zero-order valence-corrected chi connectivity index (χ0v) is 13.9. The van der Waals surface area contributed by atoms with Gasteiger partial charge in [-0.2, -0.15) is 0 Å². The predicted molar refractivity (Wildman–Crippen MR) is 88.5 cm³/mol. The first-order valence-electron chi connectivity index (χ1n) is 8.24. The van der Waals surface area contributed by atoms with E-state index in [1.54, 1.807) is 6.07 Å². The monoisotopic (exact) mass is 290 g/mol. The zero-order valence-electron chi connectivity index (χ0n) is 13.9. The van der Waals surface area contributed by atoms with Gasteiger partial charge in [0, 0.05) is 31.2 Å². The van der Waals surface area contributed by atoms with E-state index >= 15 is 0 Å². The number of benzene rings is 1. The van der Waals surface area contributed by atoms with Crippen molar-refractivity contribution in [2.45, 2.75) is 58.7 Å². The summed E-state index contributed by atoms with van der Waals surface area (Å²) in [4.78, 5) is 2.60. The summed E-state index contributed by atoms with van der Waals surface area (Å²) in [6, 6.07) is 8.24. The normalized spacial score (nSPS) is 28.5. The van der Waals surface area contributed by atoms with E-state index < -0.39 is 0 Å². The van der Waals surface area contributed by atoms with Gasteiger partial charge in [0.2, 0.25) is 0 Å². The Bertz CT molecular complexity index is 462. The van der Waals surface area contributed by atoms with Crippen LogP contribution in [0, 0.1) is 5.92 Å². The lowest BCUT2D eigenvalue weighted by molar-refractivity contribution is 0.0486. The summed E-state index contributed by atoms with van der Waals surface area (Å²) in [5.41, 5.74) is 1.39. The Balaban J connectivity index is 2.16. The van der Waals surface area contributed by atoms with E-state index in [1.165, 1.54) is 12.0 Å². The molecular weight excluding hydrogens is 260 g/mol. The lowest BCUT2D eigenvalue weighted by atomic mass is 9.88. The number of hydrogen-bond acceptors (Lipinski definition) is 3. The summed E-state index contributed by atoms with van der Waals surface area (Å²) < 4.78 is 0. The number of phenolic OH excluding ortho intramolecular Hbond substituents is 1. The van der Waals surface area contributed by atoms with Crippen molar-refractivity contribution in [3.63, 3.8) is 0 Å². The van der Waals surface area contributed by atoms with Gasteiger partial charge in [-0.05, 0) is 37.0 Å². The van der Waals surface area contributed by atoms with E-state index in [4.69, 9.17) is 0 Å². The van der Waals surface area contributed by atoms with Gasteiger partial charge in [0.25, 0.3) is 0 Å². The van der Waals surface area contributed by atoms with Crippen LogP contribution in [0.25, 0.3) is 0 Å². The summed E-state index contributed by atoms with van der Waals surface area (Å²) in [7, 11) is 0. The molecule has 0 amide bonds. The van der Waals surface area contributed by atoms with Crippen LogP contribution in [-0.4, -0.2) is 34.7 Å². The Hall–Kier alpha value is -1.06. The zero-order chi connectivity index (χ0) is 15.5. The minimum Gasteiger partial charge on any atom is -0.508 e. The molecule has 1 fully saturated rings. The number of nitrogens with zero attached hydrogens (tertiary/aromatic N) is 1. The predicted octanol–water partition coefficient (Wildman–Crippen LogP) is 3.38. The topological polar surface area (TPSA) is 35.5 Å². The van der Waals surface area contributed by atoms with Gasteiger partial charge < -0.3 is 10.4 Å². The highest BCUT2D eigenvalue weighted by molar-refractivity contribution is 5.27. The maximum Gasteiger partial charge on any atom is 0.115 e. The second-order valence-corrected chi connectivity index (χ2v) is 6.82. The maximum atomic E-state index is 9.68. The molecule has 21 heavy (non-hydrogen) atoms. The molecule has 3 heteroatoms. The Labute approximate surface area is 129 Å². The fourth-order valence-electron chi connectivity index (χ4n) is 3.23.